The average molecular weight is 583 g/mol. The molecular weight excluding hydrogens is 552 g/mol. The van der Waals surface area contributed by atoms with Crippen LogP contribution in [-0.4, -0.2) is 29.8 Å². The quantitative estimate of drug-likeness (QED) is 0.152. The van der Waals surface area contributed by atoms with E-state index < -0.39 is 29.1 Å². The van der Waals surface area contributed by atoms with Crippen molar-refractivity contribution < 1.29 is 19.2 Å². The third-order valence-corrected chi connectivity index (χ3v) is 9.24. The van der Waals surface area contributed by atoms with E-state index in [0.717, 1.165) is 39.8 Å². The Hall–Kier alpha value is -5.37. The zero-order valence-electron chi connectivity index (χ0n) is 24.3. The number of carbonyl (C=O) groups excluding carboxylic acids is 4. The summed E-state index contributed by atoms with van der Waals surface area (Å²) >= 11 is 0. The van der Waals surface area contributed by atoms with Crippen LogP contribution in [-0.2, 0) is 31.0 Å². The summed E-state index contributed by atoms with van der Waals surface area (Å²) in [5.74, 6) is -4.16. The lowest BCUT2D eigenvalue weighted by atomic mass is 9.47. The molecule has 1 heterocycles. The van der Waals surface area contributed by atoms with E-state index in [1.807, 2.05) is 86.6 Å². The number of carbonyl (C=O) groups is 4. The Labute approximate surface area is 254 Å². The number of nitrogens with one attached hydrogen (secondary N) is 2. The Morgan fingerprint density at radius 3 is 2.05 bits per heavy atom. The van der Waals surface area contributed by atoms with Gasteiger partial charge in [-0.1, -0.05) is 85.3 Å². The number of benzene rings is 4. The summed E-state index contributed by atoms with van der Waals surface area (Å²) in [6, 6.07) is 30.2. The number of rotatable bonds is 5. The summed E-state index contributed by atoms with van der Waals surface area (Å²) < 4.78 is 0. The zero-order valence-corrected chi connectivity index (χ0v) is 24.3. The van der Waals surface area contributed by atoms with Gasteiger partial charge in [0.1, 0.15) is 0 Å². The molecule has 2 bridgehead atoms. The van der Waals surface area contributed by atoms with Crippen molar-refractivity contribution in [2.24, 2.45) is 16.9 Å². The van der Waals surface area contributed by atoms with Gasteiger partial charge in [-0.3, -0.25) is 19.2 Å². The van der Waals surface area contributed by atoms with Crippen LogP contribution in [0.4, 0.5) is 11.4 Å². The second-order valence-electron chi connectivity index (χ2n) is 11.6. The average Bonchev–Trinajstić information content (AvgIpc) is 3.32. The molecule has 1 saturated heterocycles. The number of hydrogen-bond acceptors (Lipinski definition) is 5. The third-order valence-electron chi connectivity index (χ3n) is 9.24. The fourth-order valence-electron chi connectivity index (χ4n) is 7.25. The number of aryl methyl sites for hydroxylation is 2. The second kappa shape index (κ2) is 10.4. The first-order chi connectivity index (χ1) is 21.3. The van der Waals surface area contributed by atoms with Crippen LogP contribution in [0.2, 0.25) is 0 Å². The number of amides is 4. The molecule has 2 atom stereocenters. The lowest BCUT2D eigenvalue weighted by molar-refractivity contribution is -0.136. The Morgan fingerprint density at radius 2 is 1.43 bits per heavy atom. The van der Waals surface area contributed by atoms with Crippen molar-refractivity contribution in [3.8, 4) is 0 Å². The van der Waals surface area contributed by atoms with Gasteiger partial charge in [0, 0.05) is 17.8 Å². The van der Waals surface area contributed by atoms with Crippen LogP contribution >= 0.6 is 0 Å². The molecule has 1 fully saturated rings. The number of nitrogens with zero attached hydrogens (tertiary/aromatic N) is 2. The summed E-state index contributed by atoms with van der Waals surface area (Å²) in [5.41, 5.74) is 7.98. The minimum absolute atomic E-state index is 0.256. The van der Waals surface area contributed by atoms with Crippen molar-refractivity contribution in [1.82, 2.24) is 5.43 Å². The molecule has 0 unspecified atom stereocenters. The monoisotopic (exact) mass is 582 g/mol. The molecule has 0 spiro atoms. The van der Waals surface area contributed by atoms with Crippen molar-refractivity contribution in [3.05, 3.63) is 130 Å². The van der Waals surface area contributed by atoms with Gasteiger partial charge < -0.3 is 5.32 Å². The van der Waals surface area contributed by atoms with E-state index in [0.29, 0.717) is 11.4 Å². The fraction of sp³-hybridized carbons (Fsp3) is 0.194. The van der Waals surface area contributed by atoms with E-state index >= 15 is 0 Å². The van der Waals surface area contributed by atoms with Gasteiger partial charge in [0.15, 0.2) is 0 Å². The Kier molecular flexibility index (Phi) is 6.50. The minimum Gasteiger partial charge on any atom is -0.318 e. The van der Waals surface area contributed by atoms with Crippen molar-refractivity contribution >= 4 is 41.2 Å². The molecule has 44 heavy (non-hydrogen) atoms. The van der Waals surface area contributed by atoms with Crippen molar-refractivity contribution in [3.63, 3.8) is 0 Å². The molecule has 1 aliphatic heterocycles. The van der Waals surface area contributed by atoms with E-state index in [1.54, 1.807) is 30.5 Å². The molecule has 8 nitrogen and oxygen atoms in total. The molecule has 4 aliphatic rings. The molecule has 4 amide bonds. The first-order valence-corrected chi connectivity index (χ1v) is 14.7. The van der Waals surface area contributed by atoms with Crippen LogP contribution in [0.25, 0.3) is 0 Å². The van der Waals surface area contributed by atoms with Crippen LogP contribution in [0.1, 0.15) is 46.2 Å². The minimum atomic E-state index is -1.15. The van der Waals surface area contributed by atoms with Crippen LogP contribution in [0.15, 0.2) is 102 Å². The number of imide groups is 1. The Morgan fingerprint density at radius 1 is 0.818 bits per heavy atom. The summed E-state index contributed by atoms with van der Waals surface area (Å²) in [7, 11) is 0. The summed E-state index contributed by atoms with van der Waals surface area (Å²) in [4.78, 5) is 55.5. The molecule has 3 aliphatic carbocycles. The maximum atomic E-state index is 14.4. The van der Waals surface area contributed by atoms with E-state index in [9.17, 15) is 19.2 Å². The standard InChI is InChI=1S/C36H30N4O4/c1-3-22-14-16-23(17-15-22)38-32(41)33(42)39-37-20-36-27-10-6-4-8-25(27)29(26-9-5-7-11-28(26)36)30-31(36)35(44)40(34(30)43)24-18-12-21(2)13-19-24/h4-20,29-31H,3H2,1-2H3,(H,38,41)(H,39,42)/b37-20-/t29?,30-,31-,36?/m1/s1. The third kappa shape index (κ3) is 4.01. The highest BCUT2D eigenvalue weighted by atomic mass is 16.2. The Bertz CT molecular complexity index is 1810. The molecule has 0 aromatic heterocycles. The lowest BCUT2D eigenvalue weighted by Gasteiger charge is -2.52. The number of hydrazone groups is 1. The van der Waals surface area contributed by atoms with Crippen molar-refractivity contribution in [2.45, 2.75) is 31.6 Å². The maximum absolute atomic E-state index is 14.4. The summed E-state index contributed by atoms with van der Waals surface area (Å²) in [6.07, 6.45) is 2.40. The van der Waals surface area contributed by atoms with Gasteiger partial charge in [-0.05, 0) is 65.4 Å². The number of hydrogen-bond donors (Lipinski definition) is 2. The van der Waals surface area contributed by atoms with Gasteiger partial charge in [0.25, 0.3) is 0 Å². The van der Waals surface area contributed by atoms with Crippen LogP contribution in [0.5, 0.6) is 0 Å². The Balaban J connectivity index is 1.28. The molecule has 4 aromatic rings. The number of anilines is 2. The van der Waals surface area contributed by atoms with Crippen molar-refractivity contribution in [1.29, 1.82) is 0 Å². The normalized spacial score (nSPS) is 22.9. The van der Waals surface area contributed by atoms with Gasteiger partial charge in [-0.2, -0.15) is 5.10 Å². The first-order valence-electron chi connectivity index (χ1n) is 14.7. The molecule has 8 rings (SSSR count). The molecule has 8 heteroatoms. The molecule has 0 saturated carbocycles. The van der Waals surface area contributed by atoms with E-state index in [2.05, 4.69) is 15.8 Å². The molecular formula is C36H30N4O4. The summed E-state index contributed by atoms with van der Waals surface area (Å²) in [6.45, 7) is 3.98. The summed E-state index contributed by atoms with van der Waals surface area (Å²) in [5, 5.41) is 6.90. The zero-order chi connectivity index (χ0) is 30.6. The SMILES string of the molecule is CCc1ccc(NC(=O)C(=O)N/N=C\C23c4ccccc4C(c4ccccc42)[C@H]2C(=O)N(c4ccc(C)cc4)C(=O)[C@@H]23)cc1. The second-order valence-corrected chi connectivity index (χ2v) is 11.6. The van der Waals surface area contributed by atoms with Gasteiger partial charge in [-0.15, -0.1) is 0 Å². The largest absolute Gasteiger partial charge is 0.329 e. The topological polar surface area (TPSA) is 108 Å². The van der Waals surface area contributed by atoms with E-state index in [-0.39, 0.29) is 17.7 Å². The lowest BCUT2D eigenvalue weighted by Crippen LogP contribution is -2.54. The molecule has 4 aromatic carbocycles. The van der Waals surface area contributed by atoms with Gasteiger partial charge in [-0.25, -0.2) is 10.3 Å². The maximum Gasteiger partial charge on any atom is 0.329 e. The van der Waals surface area contributed by atoms with Crippen LogP contribution in [0.3, 0.4) is 0 Å². The highest BCUT2D eigenvalue weighted by Crippen LogP contribution is 2.63. The van der Waals surface area contributed by atoms with Gasteiger partial charge >= 0.3 is 11.8 Å². The highest BCUT2D eigenvalue weighted by molar-refractivity contribution is 6.39. The van der Waals surface area contributed by atoms with Crippen LogP contribution in [0, 0.1) is 18.8 Å². The van der Waals surface area contributed by atoms with Gasteiger partial charge in [0.2, 0.25) is 11.8 Å². The van der Waals surface area contributed by atoms with Crippen LogP contribution < -0.4 is 15.6 Å². The molecule has 2 N–H and O–H groups in total. The smallest absolute Gasteiger partial charge is 0.318 e. The van der Waals surface area contributed by atoms with E-state index in [4.69, 9.17) is 0 Å². The van der Waals surface area contributed by atoms with E-state index in [1.165, 1.54) is 4.90 Å². The van der Waals surface area contributed by atoms with Crippen molar-refractivity contribution in [2.75, 3.05) is 10.2 Å². The predicted molar refractivity (Wildman–Crippen MR) is 167 cm³/mol. The first kappa shape index (κ1) is 27.5. The molecule has 0 radical (unpaired) electrons. The van der Waals surface area contributed by atoms with Gasteiger partial charge in [0.05, 0.1) is 22.9 Å². The predicted octanol–water partition coefficient (Wildman–Crippen LogP) is 4.85. The fourth-order valence-corrected chi connectivity index (χ4v) is 7.25. The molecule has 218 valence electrons. The highest BCUT2D eigenvalue weighted by Gasteiger charge is 2.68.